The van der Waals surface area contributed by atoms with Crippen molar-refractivity contribution in [3.63, 3.8) is 0 Å². The number of unbranched alkanes of at least 4 members (excludes halogenated alkanes) is 3. The summed E-state index contributed by atoms with van der Waals surface area (Å²) in [6, 6.07) is 5.68. The number of hydrogen-bond donors (Lipinski definition) is 1. The zero-order valence-corrected chi connectivity index (χ0v) is 17.6. The zero-order chi connectivity index (χ0) is 20.1. The summed E-state index contributed by atoms with van der Waals surface area (Å²) < 4.78 is 27.1. The molecule has 3 nitrogen and oxygen atoms in total. The number of amides is 1. The average Bonchev–Trinajstić information content (AvgIpc) is 3.23. The summed E-state index contributed by atoms with van der Waals surface area (Å²) in [6.07, 6.45) is 5.79. The van der Waals surface area contributed by atoms with Gasteiger partial charge in [0.15, 0.2) is 11.6 Å². The van der Waals surface area contributed by atoms with Crippen LogP contribution in [0.4, 0.5) is 8.78 Å². The van der Waals surface area contributed by atoms with Crippen LogP contribution in [0, 0.1) is 11.6 Å². The number of halogens is 2. The van der Waals surface area contributed by atoms with Gasteiger partial charge in [0.05, 0.1) is 4.91 Å². The zero-order valence-electron chi connectivity index (χ0n) is 15.1. The van der Waals surface area contributed by atoms with Crippen LogP contribution in [-0.2, 0) is 4.79 Å². The highest BCUT2D eigenvalue weighted by atomic mass is 32.2. The van der Waals surface area contributed by atoms with E-state index in [9.17, 15) is 13.6 Å². The highest BCUT2D eigenvalue weighted by Gasteiger charge is 2.31. The maximum atomic E-state index is 13.4. The van der Waals surface area contributed by atoms with E-state index in [1.165, 1.54) is 35.2 Å². The molecule has 1 amide bonds. The Kier molecular flexibility index (Phi) is 7.34. The lowest BCUT2D eigenvalue weighted by molar-refractivity contribution is -0.122. The number of thiophene rings is 1. The minimum atomic E-state index is -0.877. The second-order valence-corrected chi connectivity index (χ2v) is 9.02. The fourth-order valence-corrected chi connectivity index (χ4v) is 5.07. The predicted molar refractivity (Wildman–Crippen MR) is 117 cm³/mol. The molecule has 3 rings (SSSR count). The number of thiocarbonyl (C=S) groups is 1. The molecule has 0 saturated carbocycles. The van der Waals surface area contributed by atoms with E-state index >= 15 is 0 Å². The van der Waals surface area contributed by atoms with Crippen molar-refractivity contribution in [3.8, 4) is 11.1 Å². The van der Waals surface area contributed by atoms with Crippen molar-refractivity contribution < 1.29 is 13.6 Å². The van der Waals surface area contributed by atoms with Crippen LogP contribution in [0.5, 0.6) is 0 Å². The second kappa shape index (κ2) is 9.73. The first kappa shape index (κ1) is 21.1. The molecule has 1 aliphatic heterocycles. The van der Waals surface area contributed by atoms with Gasteiger partial charge in [0.25, 0.3) is 5.91 Å². The number of rotatable bonds is 8. The Bertz CT molecular complexity index is 911. The van der Waals surface area contributed by atoms with Crippen molar-refractivity contribution in [3.05, 3.63) is 51.1 Å². The lowest BCUT2D eigenvalue weighted by Gasteiger charge is -2.13. The average molecular weight is 439 g/mol. The van der Waals surface area contributed by atoms with Gasteiger partial charge in [-0.25, -0.2) is 8.78 Å². The molecule has 28 heavy (non-hydrogen) atoms. The van der Waals surface area contributed by atoms with Gasteiger partial charge in [-0.1, -0.05) is 42.9 Å². The highest BCUT2D eigenvalue weighted by molar-refractivity contribution is 8.26. The molecule has 2 aromatic rings. The Morgan fingerprint density at radius 2 is 1.86 bits per heavy atom. The first-order valence-electron chi connectivity index (χ1n) is 8.99. The molecule has 0 unspecified atom stereocenters. The molecular weight excluding hydrogens is 418 g/mol. The normalized spacial score (nSPS) is 15.8. The summed E-state index contributed by atoms with van der Waals surface area (Å²) in [5.74, 6) is -1.82. The molecule has 0 radical (unpaired) electrons. The van der Waals surface area contributed by atoms with E-state index < -0.39 is 11.6 Å². The molecule has 1 aliphatic rings. The number of thioether (sulfide) groups is 1. The Labute approximate surface area is 176 Å². The first-order chi connectivity index (χ1) is 13.5. The van der Waals surface area contributed by atoms with Crippen LogP contribution >= 0.6 is 35.3 Å². The third kappa shape index (κ3) is 5.05. The molecular formula is C20H20F2N2OS3. The maximum Gasteiger partial charge on any atom is 0.266 e. The number of carbonyl (C=O) groups excluding carboxylic acids is 1. The summed E-state index contributed by atoms with van der Waals surface area (Å²) >= 11 is 8.09. The number of nitrogens with zero attached hydrogens (tertiary/aromatic N) is 1. The number of carbonyl (C=O) groups is 1. The van der Waals surface area contributed by atoms with Gasteiger partial charge in [-0.3, -0.25) is 9.69 Å². The Balaban J connectivity index is 1.67. The van der Waals surface area contributed by atoms with E-state index in [0.29, 0.717) is 27.9 Å². The smallest absolute Gasteiger partial charge is 0.266 e. The number of benzene rings is 1. The molecule has 1 aromatic heterocycles. The molecule has 1 saturated heterocycles. The second-order valence-electron chi connectivity index (χ2n) is 6.40. The van der Waals surface area contributed by atoms with Gasteiger partial charge in [0.1, 0.15) is 4.32 Å². The lowest BCUT2D eigenvalue weighted by Crippen LogP contribution is -2.29. The fraction of sp³-hybridized carbons (Fsp3) is 0.300. The van der Waals surface area contributed by atoms with Gasteiger partial charge in [-0.2, -0.15) is 0 Å². The topological polar surface area (TPSA) is 46.3 Å². The molecule has 1 aromatic carbocycles. The van der Waals surface area contributed by atoms with Crippen LogP contribution in [0.15, 0.2) is 34.6 Å². The highest BCUT2D eigenvalue weighted by Crippen LogP contribution is 2.35. The molecule has 0 spiro atoms. The third-order valence-electron chi connectivity index (χ3n) is 4.36. The van der Waals surface area contributed by atoms with Gasteiger partial charge < -0.3 is 5.73 Å². The molecule has 8 heteroatoms. The molecule has 2 N–H and O–H groups in total. The Hall–Kier alpha value is -1.61. The van der Waals surface area contributed by atoms with Gasteiger partial charge in [-0.15, -0.1) is 11.3 Å². The van der Waals surface area contributed by atoms with Crippen molar-refractivity contribution in [2.24, 2.45) is 5.73 Å². The molecule has 1 fully saturated rings. The summed E-state index contributed by atoms with van der Waals surface area (Å²) in [5.41, 5.74) is 6.87. The van der Waals surface area contributed by atoms with E-state index in [4.69, 9.17) is 18.0 Å². The molecule has 0 atom stereocenters. The maximum absolute atomic E-state index is 13.4. The molecule has 0 aliphatic carbocycles. The minimum absolute atomic E-state index is 0.0726. The van der Waals surface area contributed by atoms with Crippen LogP contribution in [0.3, 0.4) is 0 Å². The Morgan fingerprint density at radius 1 is 1.07 bits per heavy atom. The standard InChI is InChI=1S/C20H20F2N2OS3/c21-16-6-5-13(10-17(16)22)14-9-15(27-12-14)11-18-19(25)24(20(26)28-18)8-4-2-1-3-7-23/h5-6,9-12H,1-4,7-8,23H2. The monoisotopic (exact) mass is 438 g/mol. The van der Waals surface area contributed by atoms with Gasteiger partial charge >= 0.3 is 0 Å². The SMILES string of the molecule is NCCCCCCN1C(=O)C(=Cc2cc(-c3ccc(F)c(F)c3)cs2)SC1=S. The van der Waals surface area contributed by atoms with Crippen LogP contribution in [0.2, 0.25) is 0 Å². The molecule has 148 valence electrons. The van der Waals surface area contributed by atoms with E-state index in [-0.39, 0.29) is 5.91 Å². The molecule has 0 bridgehead atoms. The summed E-state index contributed by atoms with van der Waals surface area (Å²) in [7, 11) is 0. The first-order valence-corrected chi connectivity index (χ1v) is 11.1. The Morgan fingerprint density at radius 3 is 2.61 bits per heavy atom. The van der Waals surface area contributed by atoms with Crippen molar-refractivity contribution in [2.45, 2.75) is 25.7 Å². The van der Waals surface area contributed by atoms with Crippen molar-refractivity contribution >= 4 is 51.6 Å². The number of nitrogens with two attached hydrogens (primary N) is 1. The van der Waals surface area contributed by atoms with Crippen molar-refractivity contribution in [2.75, 3.05) is 13.1 Å². The van der Waals surface area contributed by atoms with Gasteiger partial charge in [0, 0.05) is 11.4 Å². The van der Waals surface area contributed by atoms with Crippen LogP contribution < -0.4 is 5.73 Å². The summed E-state index contributed by atoms with van der Waals surface area (Å²) in [6.45, 7) is 1.31. The van der Waals surface area contributed by atoms with Crippen molar-refractivity contribution in [1.82, 2.24) is 4.90 Å². The van der Waals surface area contributed by atoms with Crippen LogP contribution in [0.25, 0.3) is 17.2 Å². The van der Waals surface area contributed by atoms with Gasteiger partial charge in [0.2, 0.25) is 0 Å². The van der Waals surface area contributed by atoms with E-state index in [0.717, 1.165) is 42.2 Å². The quantitative estimate of drug-likeness (QED) is 0.340. The van der Waals surface area contributed by atoms with Crippen molar-refractivity contribution in [1.29, 1.82) is 0 Å². The lowest BCUT2D eigenvalue weighted by atomic mass is 10.1. The summed E-state index contributed by atoms with van der Waals surface area (Å²) in [4.78, 5) is 15.7. The van der Waals surface area contributed by atoms with Crippen LogP contribution in [0.1, 0.15) is 30.6 Å². The number of hydrogen-bond acceptors (Lipinski definition) is 5. The fourth-order valence-electron chi connectivity index (χ4n) is 2.85. The van der Waals surface area contributed by atoms with Crippen LogP contribution in [-0.4, -0.2) is 28.2 Å². The van der Waals surface area contributed by atoms with E-state index in [2.05, 4.69) is 0 Å². The third-order valence-corrected chi connectivity index (χ3v) is 6.61. The minimum Gasteiger partial charge on any atom is -0.330 e. The van der Waals surface area contributed by atoms with E-state index in [1.54, 1.807) is 4.90 Å². The predicted octanol–water partition coefficient (Wildman–Crippen LogP) is 5.41. The molecule has 2 heterocycles. The summed E-state index contributed by atoms with van der Waals surface area (Å²) in [5, 5.41) is 1.86. The largest absolute Gasteiger partial charge is 0.330 e. The van der Waals surface area contributed by atoms with E-state index in [1.807, 2.05) is 17.5 Å². The van der Waals surface area contributed by atoms with Gasteiger partial charge in [-0.05, 0) is 60.2 Å².